The molecule has 2 aromatic rings. The van der Waals surface area contributed by atoms with Gasteiger partial charge in [0.2, 0.25) is 0 Å². The first-order chi connectivity index (χ1) is 10.1. The fourth-order valence-electron chi connectivity index (χ4n) is 2.91. The van der Waals surface area contributed by atoms with Gasteiger partial charge in [0.1, 0.15) is 5.15 Å². The number of rotatable bonds is 2. The van der Waals surface area contributed by atoms with Crippen LogP contribution in [0.5, 0.6) is 0 Å². The molecule has 21 heavy (non-hydrogen) atoms. The lowest BCUT2D eigenvalue weighted by molar-refractivity contribution is 0.480. The van der Waals surface area contributed by atoms with Crippen molar-refractivity contribution in [1.82, 2.24) is 9.55 Å². The Labute approximate surface area is 134 Å². The molecule has 0 aliphatic heterocycles. The lowest BCUT2D eigenvalue weighted by Gasteiger charge is -2.15. The van der Waals surface area contributed by atoms with Crippen LogP contribution in [-0.2, 0) is 0 Å². The van der Waals surface area contributed by atoms with E-state index >= 15 is 0 Å². The van der Waals surface area contributed by atoms with Gasteiger partial charge in [-0.25, -0.2) is 4.79 Å². The molecule has 1 aromatic heterocycles. The molecule has 0 unspecified atom stereocenters. The van der Waals surface area contributed by atoms with Gasteiger partial charge in [-0.15, -0.1) is 0 Å². The zero-order valence-electron chi connectivity index (χ0n) is 11.2. The number of H-pyrrole nitrogens is 1. The summed E-state index contributed by atoms with van der Waals surface area (Å²) in [7, 11) is 0. The minimum Gasteiger partial charge on any atom is -0.297 e. The topological polar surface area (TPSA) is 54.9 Å². The summed E-state index contributed by atoms with van der Waals surface area (Å²) in [5, 5.41) is 0.0890. The van der Waals surface area contributed by atoms with Crippen LogP contribution in [0.1, 0.15) is 31.7 Å². The van der Waals surface area contributed by atoms with Gasteiger partial charge in [-0.3, -0.25) is 14.3 Å². The third kappa shape index (κ3) is 2.60. The molecule has 3 rings (SSSR count). The van der Waals surface area contributed by atoms with Gasteiger partial charge in [0.05, 0.1) is 5.56 Å². The van der Waals surface area contributed by atoms with E-state index in [4.69, 9.17) is 11.6 Å². The highest BCUT2D eigenvalue weighted by Crippen LogP contribution is 2.31. The minimum atomic E-state index is -0.423. The molecular formula is C15H14BrClN2O2. The van der Waals surface area contributed by atoms with Gasteiger partial charge in [-0.1, -0.05) is 58.6 Å². The summed E-state index contributed by atoms with van der Waals surface area (Å²) >= 11 is 9.56. The minimum absolute atomic E-state index is 0.0280. The molecule has 1 saturated carbocycles. The van der Waals surface area contributed by atoms with Crippen molar-refractivity contribution in [3.8, 4) is 11.1 Å². The maximum Gasteiger partial charge on any atom is 0.329 e. The maximum atomic E-state index is 12.8. The van der Waals surface area contributed by atoms with Crippen molar-refractivity contribution >= 4 is 27.5 Å². The van der Waals surface area contributed by atoms with Crippen LogP contribution in [-0.4, -0.2) is 9.55 Å². The fourth-order valence-corrected chi connectivity index (χ4v) is 3.66. The van der Waals surface area contributed by atoms with Crippen LogP contribution < -0.4 is 11.2 Å². The van der Waals surface area contributed by atoms with Gasteiger partial charge in [0, 0.05) is 16.1 Å². The SMILES string of the molecule is O=c1[nH]c(Cl)c(-c2ccccc2Br)c(=O)n1C1CCCC1. The first-order valence-electron chi connectivity index (χ1n) is 6.89. The summed E-state index contributed by atoms with van der Waals surface area (Å²) < 4.78 is 2.10. The lowest BCUT2D eigenvalue weighted by atomic mass is 10.1. The molecule has 0 bridgehead atoms. The van der Waals surface area contributed by atoms with Gasteiger partial charge in [0.15, 0.2) is 0 Å². The number of hydrogen-bond donors (Lipinski definition) is 1. The van der Waals surface area contributed by atoms with Crippen LogP contribution in [0.3, 0.4) is 0 Å². The van der Waals surface area contributed by atoms with Crippen molar-refractivity contribution in [3.05, 3.63) is 54.7 Å². The Kier molecular flexibility index (Phi) is 4.04. The number of hydrogen-bond acceptors (Lipinski definition) is 2. The summed E-state index contributed by atoms with van der Waals surface area (Å²) in [4.78, 5) is 27.5. The number of aromatic nitrogens is 2. The predicted molar refractivity (Wildman–Crippen MR) is 87.0 cm³/mol. The van der Waals surface area contributed by atoms with Crippen molar-refractivity contribution in [2.75, 3.05) is 0 Å². The summed E-state index contributed by atoms with van der Waals surface area (Å²) in [6.07, 6.45) is 3.81. The van der Waals surface area contributed by atoms with Crippen LogP contribution in [0.4, 0.5) is 0 Å². The van der Waals surface area contributed by atoms with Gasteiger partial charge < -0.3 is 0 Å². The molecule has 0 amide bonds. The Balaban J connectivity index is 2.27. The number of nitrogens with one attached hydrogen (secondary N) is 1. The average molecular weight is 370 g/mol. The number of nitrogens with zero attached hydrogens (tertiary/aromatic N) is 1. The van der Waals surface area contributed by atoms with Crippen LogP contribution in [0.25, 0.3) is 11.1 Å². The van der Waals surface area contributed by atoms with Crippen LogP contribution >= 0.6 is 27.5 Å². The summed E-state index contributed by atoms with van der Waals surface area (Å²) in [6.45, 7) is 0. The Morgan fingerprint density at radius 1 is 1.19 bits per heavy atom. The molecule has 0 atom stereocenters. The largest absolute Gasteiger partial charge is 0.329 e. The van der Waals surface area contributed by atoms with Crippen molar-refractivity contribution in [2.24, 2.45) is 0 Å². The first-order valence-corrected chi connectivity index (χ1v) is 8.06. The second-order valence-electron chi connectivity index (χ2n) is 5.21. The monoisotopic (exact) mass is 368 g/mol. The Hall–Kier alpha value is -1.33. The molecule has 0 radical (unpaired) electrons. The van der Waals surface area contributed by atoms with Crippen molar-refractivity contribution < 1.29 is 0 Å². The molecule has 0 spiro atoms. The molecule has 1 aliphatic rings. The molecule has 110 valence electrons. The molecular weight excluding hydrogens is 356 g/mol. The molecule has 4 nitrogen and oxygen atoms in total. The normalized spacial score (nSPS) is 15.5. The highest BCUT2D eigenvalue weighted by molar-refractivity contribution is 9.10. The highest BCUT2D eigenvalue weighted by Gasteiger charge is 2.24. The first kappa shape index (κ1) is 14.6. The van der Waals surface area contributed by atoms with Gasteiger partial charge in [0.25, 0.3) is 5.56 Å². The van der Waals surface area contributed by atoms with E-state index in [1.807, 2.05) is 24.3 Å². The average Bonchev–Trinajstić information content (AvgIpc) is 2.94. The smallest absolute Gasteiger partial charge is 0.297 e. The van der Waals surface area contributed by atoms with E-state index < -0.39 is 5.69 Å². The Bertz CT molecular complexity index is 791. The summed E-state index contributed by atoms with van der Waals surface area (Å²) in [5.74, 6) is 0. The number of benzene rings is 1. The number of halogens is 2. The van der Waals surface area contributed by atoms with E-state index in [0.717, 1.165) is 30.2 Å². The number of aromatic amines is 1. The van der Waals surface area contributed by atoms with Gasteiger partial charge >= 0.3 is 5.69 Å². The zero-order chi connectivity index (χ0) is 15.0. The van der Waals surface area contributed by atoms with E-state index in [0.29, 0.717) is 11.1 Å². The van der Waals surface area contributed by atoms with E-state index in [9.17, 15) is 9.59 Å². The molecule has 1 aliphatic carbocycles. The van der Waals surface area contributed by atoms with Gasteiger partial charge in [-0.05, 0) is 18.9 Å². The predicted octanol–water partition coefficient (Wildman–Crippen LogP) is 3.73. The maximum absolute atomic E-state index is 12.8. The molecule has 1 N–H and O–H groups in total. The van der Waals surface area contributed by atoms with E-state index in [2.05, 4.69) is 20.9 Å². The quantitative estimate of drug-likeness (QED) is 0.820. The van der Waals surface area contributed by atoms with Crippen LogP contribution in [0, 0.1) is 0 Å². The van der Waals surface area contributed by atoms with E-state index in [1.165, 1.54) is 4.57 Å². The fraction of sp³-hybridized carbons (Fsp3) is 0.333. The van der Waals surface area contributed by atoms with Crippen LogP contribution in [0.15, 0.2) is 38.3 Å². The van der Waals surface area contributed by atoms with Crippen LogP contribution in [0.2, 0.25) is 5.15 Å². The second kappa shape index (κ2) is 5.81. The molecule has 6 heteroatoms. The Morgan fingerprint density at radius 3 is 2.52 bits per heavy atom. The zero-order valence-corrected chi connectivity index (χ0v) is 13.6. The standard InChI is InChI=1S/C15H14BrClN2O2/c16-11-8-4-3-7-10(11)12-13(17)18-15(21)19(14(12)20)9-5-1-2-6-9/h3-4,7-9H,1-2,5-6H2,(H,18,21). The molecule has 1 fully saturated rings. The van der Waals surface area contributed by atoms with Crippen molar-refractivity contribution in [1.29, 1.82) is 0 Å². The summed E-state index contributed by atoms with van der Waals surface area (Å²) in [6, 6.07) is 7.32. The van der Waals surface area contributed by atoms with Crippen molar-refractivity contribution in [2.45, 2.75) is 31.7 Å². The van der Waals surface area contributed by atoms with Crippen molar-refractivity contribution in [3.63, 3.8) is 0 Å². The molecule has 1 aromatic carbocycles. The third-order valence-corrected chi connectivity index (χ3v) is 4.90. The Morgan fingerprint density at radius 2 is 1.86 bits per heavy atom. The lowest BCUT2D eigenvalue weighted by Crippen LogP contribution is -2.38. The molecule has 1 heterocycles. The van der Waals surface area contributed by atoms with E-state index in [1.54, 1.807) is 0 Å². The van der Waals surface area contributed by atoms with E-state index in [-0.39, 0.29) is 16.8 Å². The third-order valence-electron chi connectivity index (χ3n) is 3.92. The second-order valence-corrected chi connectivity index (χ2v) is 6.44. The highest BCUT2D eigenvalue weighted by atomic mass is 79.9. The van der Waals surface area contributed by atoms with Gasteiger partial charge in [-0.2, -0.15) is 0 Å². The summed E-state index contributed by atoms with van der Waals surface area (Å²) in [5.41, 5.74) is 0.293. The molecule has 0 saturated heterocycles.